The van der Waals surface area contributed by atoms with E-state index in [0.717, 1.165) is 39.9 Å². The highest BCUT2D eigenvalue weighted by atomic mass is 32.1. The lowest BCUT2D eigenvalue weighted by Gasteiger charge is -2.29. The Labute approximate surface area is 440 Å². The van der Waals surface area contributed by atoms with Gasteiger partial charge in [-0.25, -0.2) is 4.98 Å². The van der Waals surface area contributed by atoms with E-state index in [2.05, 4.69) is 271 Å². The average Bonchev–Trinajstić information content (AvgIpc) is 4.11. The molecule has 12 rings (SSSR count). The minimum atomic E-state index is -0.0430. The topological polar surface area (TPSA) is 33.5 Å². The predicted molar refractivity (Wildman–Crippen MR) is 315 cm³/mol. The summed E-state index contributed by atoms with van der Waals surface area (Å²) in [5.74, 6) is 2.44. The molecular formula is C68H62N4OS. The van der Waals surface area contributed by atoms with Gasteiger partial charge >= 0.3 is 0 Å². The van der Waals surface area contributed by atoms with Gasteiger partial charge in [0.05, 0.1) is 32.8 Å². The fourth-order valence-electron chi connectivity index (χ4n) is 10.7. The van der Waals surface area contributed by atoms with Gasteiger partial charge in [0.1, 0.15) is 24.0 Å². The van der Waals surface area contributed by atoms with E-state index in [1.165, 1.54) is 81.4 Å². The average molecular weight is 983 g/mol. The van der Waals surface area contributed by atoms with Gasteiger partial charge in [0.25, 0.3) is 0 Å². The van der Waals surface area contributed by atoms with Crippen molar-refractivity contribution in [2.45, 2.75) is 78.6 Å². The zero-order valence-electron chi connectivity index (χ0n) is 43.9. The highest BCUT2D eigenvalue weighted by molar-refractivity contribution is 7.26. The van der Waals surface area contributed by atoms with Crippen molar-refractivity contribution in [3.63, 3.8) is 0 Å². The van der Waals surface area contributed by atoms with Crippen LogP contribution >= 0.6 is 11.3 Å². The zero-order valence-corrected chi connectivity index (χ0v) is 44.7. The molecule has 3 aromatic heterocycles. The molecule has 0 fully saturated rings. The van der Waals surface area contributed by atoms with Crippen LogP contribution in [-0.2, 0) is 16.2 Å². The number of benzene rings is 8. The maximum Gasteiger partial charge on any atom is 0.137 e. The molecule has 0 aliphatic carbocycles. The first-order valence-electron chi connectivity index (χ1n) is 25.9. The van der Waals surface area contributed by atoms with Crippen molar-refractivity contribution in [1.82, 2.24) is 9.55 Å². The molecule has 8 aromatic carbocycles. The van der Waals surface area contributed by atoms with E-state index in [1.54, 1.807) is 0 Å². The molecule has 0 radical (unpaired) electrons. The molecule has 0 atom stereocenters. The van der Waals surface area contributed by atoms with E-state index < -0.39 is 0 Å². The Balaban J connectivity index is 0.965. The Hall–Kier alpha value is -7.93. The second-order valence-electron chi connectivity index (χ2n) is 23.0. The van der Waals surface area contributed by atoms with Crippen LogP contribution in [0.5, 0.6) is 11.5 Å². The number of ether oxygens (including phenoxy) is 1. The van der Waals surface area contributed by atoms with Gasteiger partial charge in [0.2, 0.25) is 0 Å². The molecule has 6 heteroatoms. The monoisotopic (exact) mass is 982 g/mol. The van der Waals surface area contributed by atoms with Gasteiger partial charge in [-0.2, -0.15) is 0 Å². The fraction of sp³-hybridized carbons (Fsp3) is 0.191. The van der Waals surface area contributed by atoms with Crippen LogP contribution in [0, 0.1) is 0 Å². The Morgan fingerprint density at radius 3 is 1.82 bits per heavy atom. The van der Waals surface area contributed by atoms with Crippen molar-refractivity contribution in [3.8, 4) is 50.7 Å². The van der Waals surface area contributed by atoms with Gasteiger partial charge in [-0.1, -0.05) is 184 Å². The van der Waals surface area contributed by atoms with Crippen molar-refractivity contribution in [1.29, 1.82) is 0 Å². The summed E-state index contributed by atoms with van der Waals surface area (Å²) in [4.78, 5) is 9.96. The molecule has 0 saturated carbocycles. The lowest BCUT2D eigenvalue weighted by molar-refractivity contribution is 0.483. The van der Waals surface area contributed by atoms with Crippen molar-refractivity contribution in [3.05, 3.63) is 217 Å². The molecule has 5 nitrogen and oxygen atoms in total. The first kappa shape index (κ1) is 47.1. The lowest BCUT2D eigenvalue weighted by atomic mass is 9.78. The fourth-order valence-corrected chi connectivity index (χ4v) is 11.9. The lowest BCUT2D eigenvalue weighted by Crippen LogP contribution is -2.25. The number of aromatic nitrogens is 2. The summed E-state index contributed by atoms with van der Waals surface area (Å²) >= 11 is 1.84. The number of hydrogen-bond acceptors (Lipinski definition) is 5. The maximum absolute atomic E-state index is 6.92. The minimum Gasteiger partial charge on any atom is -0.457 e. The Bertz CT molecular complexity index is 3900. The van der Waals surface area contributed by atoms with Gasteiger partial charge in [0.15, 0.2) is 0 Å². The second-order valence-corrected chi connectivity index (χ2v) is 24.0. The van der Waals surface area contributed by atoms with E-state index in [1.807, 2.05) is 17.5 Å². The van der Waals surface area contributed by atoms with Crippen LogP contribution in [0.4, 0.5) is 22.7 Å². The van der Waals surface area contributed by atoms with E-state index in [-0.39, 0.29) is 16.2 Å². The van der Waals surface area contributed by atoms with Crippen LogP contribution in [0.15, 0.2) is 200 Å². The highest BCUT2D eigenvalue weighted by Gasteiger charge is 2.33. The van der Waals surface area contributed by atoms with Gasteiger partial charge in [-0.15, -0.1) is 11.3 Å². The van der Waals surface area contributed by atoms with Crippen molar-refractivity contribution in [2.24, 2.45) is 0 Å². The summed E-state index contributed by atoms with van der Waals surface area (Å²) in [6, 6.07) is 70.9. The molecule has 74 heavy (non-hydrogen) atoms. The van der Waals surface area contributed by atoms with Crippen LogP contribution < -0.4 is 14.5 Å². The zero-order chi connectivity index (χ0) is 51.1. The van der Waals surface area contributed by atoms with E-state index in [4.69, 9.17) is 9.72 Å². The number of hydrogen-bond donors (Lipinski definition) is 0. The summed E-state index contributed by atoms with van der Waals surface area (Å²) in [6.07, 6.45) is 1.95. The highest BCUT2D eigenvalue weighted by Crippen LogP contribution is 2.52. The quantitative estimate of drug-likeness (QED) is 0.152. The third-order valence-corrected chi connectivity index (χ3v) is 16.0. The molecule has 0 unspecified atom stereocenters. The SMILES string of the molecule is CC(C)(C)c1cc(-c2cccc(-c3cccc(-c4ccccc4)c3)c2N2CN(c3cccc(Oc4ccc5c6sc7ccccc7c6n(-c6cc(C(C)(C)C)ccn6)c5c4)c3)c3ccccc32)cc(C(C)(C)C)c1. The van der Waals surface area contributed by atoms with Gasteiger partial charge in [0, 0.05) is 50.6 Å². The van der Waals surface area contributed by atoms with E-state index in [9.17, 15) is 0 Å². The molecule has 0 N–H and O–H groups in total. The molecule has 1 aliphatic heterocycles. The summed E-state index contributed by atoms with van der Waals surface area (Å²) < 4.78 is 11.8. The molecule has 4 heterocycles. The number of anilines is 4. The Kier molecular flexibility index (Phi) is 11.4. The second kappa shape index (κ2) is 17.9. The number of thiophene rings is 1. The van der Waals surface area contributed by atoms with Crippen LogP contribution in [0.1, 0.15) is 79.0 Å². The van der Waals surface area contributed by atoms with Crippen molar-refractivity contribution >= 4 is 65.3 Å². The predicted octanol–water partition coefficient (Wildman–Crippen LogP) is 19.3. The summed E-state index contributed by atoms with van der Waals surface area (Å²) in [6.45, 7) is 21.3. The maximum atomic E-state index is 6.92. The number of para-hydroxylation sites is 3. The molecule has 0 spiro atoms. The third kappa shape index (κ3) is 8.51. The number of rotatable bonds is 8. The van der Waals surface area contributed by atoms with Gasteiger partial charge < -0.3 is 14.5 Å². The molecule has 0 bridgehead atoms. The van der Waals surface area contributed by atoms with E-state index in [0.29, 0.717) is 6.67 Å². The first-order valence-corrected chi connectivity index (χ1v) is 26.7. The van der Waals surface area contributed by atoms with Crippen LogP contribution in [0.3, 0.4) is 0 Å². The summed E-state index contributed by atoms with van der Waals surface area (Å²) in [7, 11) is 0. The van der Waals surface area contributed by atoms with Crippen LogP contribution in [0.25, 0.3) is 70.4 Å². The van der Waals surface area contributed by atoms with Gasteiger partial charge in [-0.3, -0.25) is 4.57 Å². The van der Waals surface area contributed by atoms with Crippen molar-refractivity contribution in [2.75, 3.05) is 16.5 Å². The number of fused-ring (bicyclic) bond motifs is 6. The summed E-state index contributed by atoms with van der Waals surface area (Å²) in [5, 5.41) is 2.41. The summed E-state index contributed by atoms with van der Waals surface area (Å²) in [5.41, 5.74) is 17.7. The molecule has 1 aliphatic rings. The molecule has 366 valence electrons. The third-order valence-electron chi connectivity index (χ3n) is 14.8. The molecule has 0 amide bonds. The van der Waals surface area contributed by atoms with Crippen LogP contribution in [-0.4, -0.2) is 16.2 Å². The molecule has 11 aromatic rings. The standard InChI is InChI=1S/C68H62N4OS/c1-66(2,3)48-34-35-69-62(40-48)72-60-42-53(32-33-56(60)65-64(72)57-26-13-16-31-61(57)74-65)73-52-25-18-24-51(41-52)70-43-71(59-30-15-14-29-58(59)70)63-54(46-23-17-22-45(36-46)44-20-11-10-12-21-44)27-19-28-55(63)47-37-49(67(4,5)6)39-50(38-47)68(7,8)9/h10-42H,43H2,1-9H3. The molecule has 0 saturated heterocycles. The first-order chi connectivity index (χ1) is 35.6. The largest absolute Gasteiger partial charge is 0.457 e. The van der Waals surface area contributed by atoms with Gasteiger partial charge in [-0.05, 0) is 116 Å². The van der Waals surface area contributed by atoms with Crippen LogP contribution in [0.2, 0.25) is 0 Å². The Morgan fingerprint density at radius 1 is 0.459 bits per heavy atom. The molecular weight excluding hydrogens is 921 g/mol. The smallest absolute Gasteiger partial charge is 0.137 e. The minimum absolute atomic E-state index is 0.0307. The normalized spacial score (nSPS) is 13.1. The van der Waals surface area contributed by atoms with Crippen molar-refractivity contribution < 1.29 is 4.74 Å². The number of pyridine rings is 1. The number of nitrogens with zero attached hydrogens (tertiary/aromatic N) is 4. The Morgan fingerprint density at radius 2 is 1.08 bits per heavy atom. The van der Waals surface area contributed by atoms with E-state index >= 15 is 0 Å².